The molecule has 0 fully saturated rings. The highest BCUT2D eigenvalue weighted by molar-refractivity contribution is 5.61. The summed E-state index contributed by atoms with van der Waals surface area (Å²) >= 11 is 0. The molecule has 0 atom stereocenters. The van der Waals surface area contributed by atoms with Crippen molar-refractivity contribution in [3.05, 3.63) is 60.4 Å². The number of aromatic nitrogens is 2. The van der Waals surface area contributed by atoms with Crippen LogP contribution in [0.15, 0.2) is 53.3 Å². The van der Waals surface area contributed by atoms with Crippen molar-refractivity contribution in [3.63, 3.8) is 0 Å². The number of hydrogen-bond acceptors (Lipinski definition) is 3. The largest absolute Gasteiger partial charge is 0.449 e. The molecule has 0 spiro atoms. The van der Waals surface area contributed by atoms with Gasteiger partial charge < -0.3 is 14.3 Å². The number of anilines is 1. The third kappa shape index (κ3) is 2.59. The van der Waals surface area contributed by atoms with Crippen LogP contribution in [0.5, 0.6) is 0 Å². The molecule has 2 heterocycles. The Labute approximate surface area is 118 Å². The summed E-state index contributed by atoms with van der Waals surface area (Å²) in [4.78, 5) is 4.32. The smallest absolute Gasteiger partial charge is 0.191 e. The summed E-state index contributed by atoms with van der Waals surface area (Å²) in [6.45, 7) is 2.66. The Morgan fingerprint density at radius 1 is 1.20 bits per heavy atom. The molecule has 0 aliphatic rings. The van der Waals surface area contributed by atoms with E-state index in [4.69, 9.17) is 4.42 Å². The molecule has 3 aromatic rings. The lowest BCUT2D eigenvalue weighted by atomic mass is 10.1. The first kappa shape index (κ1) is 12.5. The quantitative estimate of drug-likeness (QED) is 0.785. The molecule has 4 heteroatoms. The van der Waals surface area contributed by atoms with Crippen LogP contribution >= 0.6 is 0 Å². The fourth-order valence-corrected chi connectivity index (χ4v) is 2.13. The second-order valence-electron chi connectivity index (χ2n) is 4.79. The molecule has 0 radical (unpaired) electrons. The Morgan fingerprint density at radius 3 is 2.60 bits per heavy atom. The molecule has 2 aromatic heterocycles. The van der Waals surface area contributed by atoms with Crippen LogP contribution in [0.25, 0.3) is 11.3 Å². The third-order valence-corrected chi connectivity index (χ3v) is 3.32. The molecule has 1 aromatic carbocycles. The number of rotatable bonds is 4. The van der Waals surface area contributed by atoms with Crippen molar-refractivity contribution < 1.29 is 4.42 Å². The van der Waals surface area contributed by atoms with Crippen LogP contribution in [0, 0.1) is 6.92 Å². The van der Waals surface area contributed by atoms with Crippen molar-refractivity contribution in [3.8, 4) is 11.3 Å². The van der Waals surface area contributed by atoms with Crippen molar-refractivity contribution in [2.24, 2.45) is 7.05 Å². The van der Waals surface area contributed by atoms with Gasteiger partial charge in [0, 0.05) is 37.1 Å². The van der Waals surface area contributed by atoms with Crippen molar-refractivity contribution in [2.45, 2.75) is 13.5 Å². The number of nitrogens with zero attached hydrogens (tertiary/aromatic N) is 2. The highest BCUT2D eigenvalue weighted by Gasteiger charge is 2.03. The van der Waals surface area contributed by atoms with E-state index in [1.165, 1.54) is 5.69 Å². The molecule has 102 valence electrons. The van der Waals surface area contributed by atoms with Crippen LogP contribution in [0.3, 0.4) is 0 Å². The molecule has 0 amide bonds. The lowest BCUT2D eigenvalue weighted by Crippen LogP contribution is -2.03. The van der Waals surface area contributed by atoms with Gasteiger partial charge in [0.1, 0.15) is 12.0 Å². The van der Waals surface area contributed by atoms with E-state index >= 15 is 0 Å². The highest BCUT2D eigenvalue weighted by Crippen LogP contribution is 2.21. The Balaban J connectivity index is 1.69. The molecule has 0 unspecified atom stereocenters. The van der Waals surface area contributed by atoms with Crippen LogP contribution < -0.4 is 5.32 Å². The fraction of sp³-hybridized carbons (Fsp3) is 0.188. The first-order valence-electron chi connectivity index (χ1n) is 6.59. The maximum absolute atomic E-state index is 5.23. The lowest BCUT2D eigenvalue weighted by molar-refractivity contribution is 0.521. The zero-order valence-electron chi connectivity index (χ0n) is 11.6. The monoisotopic (exact) mass is 267 g/mol. The maximum atomic E-state index is 5.23. The van der Waals surface area contributed by atoms with Gasteiger partial charge in [-0.15, -0.1) is 0 Å². The molecular formula is C16H17N3O. The van der Waals surface area contributed by atoms with Gasteiger partial charge in [-0.25, -0.2) is 4.98 Å². The summed E-state index contributed by atoms with van der Waals surface area (Å²) in [6.07, 6.45) is 3.73. The minimum Gasteiger partial charge on any atom is -0.449 e. The van der Waals surface area contributed by atoms with E-state index in [-0.39, 0.29) is 0 Å². The minimum absolute atomic E-state index is 0.686. The van der Waals surface area contributed by atoms with E-state index < -0.39 is 0 Å². The van der Waals surface area contributed by atoms with Crippen LogP contribution in [0.2, 0.25) is 0 Å². The first-order valence-corrected chi connectivity index (χ1v) is 6.59. The van der Waals surface area contributed by atoms with Crippen LogP contribution in [0.1, 0.15) is 11.6 Å². The predicted molar refractivity (Wildman–Crippen MR) is 79.4 cm³/mol. The summed E-state index contributed by atoms with van der Waals surface area (Å²) in [7, 11) is 2.05. The van der Waals surface area contributed by atoms with Crippen molar-refractivity contribution >= 4 is 5.69 Å². The topological polar surface area (TPSA) is 43.0 Å². The van der Waals surface area contributed by atoms with Gasteiger partial charge in [-0.3, -0.25) is 0 Å². The van der Waals surface area contributed by atoms with Gasteiger partial charge in [0.2, 0.25) is 0 Å². The van der Waals surface area contributed by atoms with E-state index in [1.807, 2.05) is 38.4 Å². The lowest BCUT2D eigenvalue weighted by Gasteiger charge is -2.08. The molecule has 3 rings (SSSR count). The van der Waals surface area contributed by atoms with E-state index in [1.54, 1.807) is 6.26 Å². The molecule has 0 saturated heterocycles. The molecule has 0 aliphatic heterocycles. The van der Waals surface area contributed by atoms with Gasteiger partial charge in [0.05, 0.1) is 6.54 Å². The van der Waals surface area contributed by atoms with Gasteiger partial charge >= 0.3 is 0 Å². The van der Waals surface area contributed by atoms with Crippen LogP contribution in [-0.2, 0) is 13.6 Å². The van der Waals surface area contributed by atoms with Crippen LogP contribution in [-0.4, -0.2) is 9.55 Å². The number of aryl methyl sites for hydroxylation is 2. The number of benzene rings is 1. The standard InChI is InChI=1S/C16H17N3O/c1-12-18-16(11-20-12)13-5-7-14(8-6-13)17-10-15-4-3-9-19(15)2/h3-9,11,17H,10H2,1-2H3. The molecule has 0 aliphatic carbocycles. The summed E-state index contributed by atoms with van der Waals surface area (Å²) in [5.41, 5.74) is 4.28. The summed E-state index contributed by atoms with van der Waals surface area (Å²) < 4.78 is 7.34. The van der Waals surface area contributed by atoms with E-state index in [0.717, 1.165) is 23.5 Å². The number of oxazole rings is 1. The first-order chi connectivity index (χ1) is 9.72. The SMILES string of the molecule is Cc1nc(-c2ccc(NCc3cccn3C)cc2)co1. The normalized spacial score (nSPS) is 10.7. The predicted octanol–water partition coefficient (Wildman–Crippen LogP) is 3.60. The molecule has 4 nitrogen and oxygen atoms in total. The van der Waals surface area contributed by atoms with Gasteiger partial charge in [-0.05, 0) is 24.3 Å². The Kier molecular flexibility index (Phi) is 3.29. The summed E-state index contributed by atoms with van der Waals surface area (Å²) in [5.74, 6) is 0.686. The Morgan fingerprint density at radius 2 is 2.00 bits per heavy atom. The molecule has 1 N–H and O–H groups in total. The number of nitrogens with one attached hydrogen (secondary N) is 1. The van der Waals surface area contributed by atoms with E-state index in [9.17, 15) is 0 Å². The second-order valence-corrected chi connectivity index (χ2v) is 4.79. The fourth-order valence-electron chi connectivity index (χ4n) is 2.13. The van der Waals surface area contributed by atoms with E-state index in [2.05, 4.69) is 33.1 Å². The van der Waals surface area contributed by atoms with Crippen molar-refractivity contribution in [1.29, 1.82) is 0 Å². The summed E-state index contributed by atoms with van der Waals surface area (Å²) in [6, 6.07) is 12.4. The average Bonchev–Trinajstić information content (AvgIpc) is 3.06. The Hall–Kier alpha value is -2.49. The van der Waals surface area contributed by atoms with Gasteiger partial charge in [0.15, 0.2) is 5.89 Å². The zero-order valence-corrected chi connectivity index (χ0v) is 11.6. The third-order valence-electron chi connectivity index (χ3n) is 3.32. The second kappa shape index (κ2) is 5.25. The van der Waals surface area contributed by atoms with Crippen LogP contribution in [0.4, 0.5) is 5.69 Å². The van der Waals surface area contributed by atoms with Crippen molar-refractivity contribution in [2.75, 3.05) is 5.32 Å². The van der Waals surface area contributed by atoms with Crippen molar-refractivity contribution in [1.82, 2.24) is 9.55 Å². The summed E-state index contributed by atoms with van der Waals surface area (Å²) in [5, 5.41) is 3.41. The maximum Gasteiger partial charge on any atom is 0.191 e. The molecule has 0 bridgehead atoms. The molecular weight excluding hydrogens is 250 g/mol. The highest BCUT2D eigenvalue weighted by atomic mass is 16.3. The van der Waals surface area contributed by atoms with Gasteiger partial charge in [-0.1, -0.05) is 12.1 Å². The van der Waals surface area contributed by atoms with Gasteiger partial charge in [-0.2, -0.15) is 0 Å². The molecule has 0 saturated carbocycles. The van der Waals surface area contributed by atoms with Gasteiger partial charge in [0.25, 0.3) is 0 Å². The average molecular weight is 267 g/mol. The van der Waals surface area contributed by atoms with E-state index in [0.29, 0.717) is 5.89 Å². The Bertz CT molecular complexity index is 695. The molecule has 20 heavy (non-hydrogen) atoms. The zero-order chi connectivity index (χ0) is 13.9. The number of hydrogen-bond donors (Lipinski definition) is 1. The minimum atomic E-state index is 0.686.